The van der Waals surface area contributed by atoms with Crippen LogP contribution in [0.3, 0.4) is 0 Å². The fourth-order valence-electron chi connectivity index (χ4n) is 1.72. The first-order chi connectivity index (χ1) is 8.83. The molecule has 88 valence electrons. The van der Waals surface area contributed by atoms with Crippen LogP contribution in [0.25, 0.3) is 6.08 Å². The van der Waals surface area contributed by atoms with E-state index in [2.05, 4.69) is 0 Å². The van der Waals surface area contributed by atoms with Crippen LogP contribution in [0.2, 0.25) is 0 Å². The third kappa shape index (κ3) is 1.98. The van der Waals surface area contributed by atoms with Crippen LogP contribution >= 0.6 is 0 Å². The van der Waals surface area contributed by atoms with Gasteiger partial charge in [0.05, 0.1) is 0 Å². The first-order valence-corrected chi connectivity index (χ1v) is 5.59. The van der Waals surface area contributed by atoms with Crippen molar-refractivity contribution in [1.82, 2.24) is 0 Å². The minimum Gasteiger partial charge on any atom is -0.446 e. The first kappa shape index (κ1) is 10.6. The fourth-order valence-corrected chi connectivity index (χ4v) is 1.72. The lowest BCUT2D eigenvalue weighted by Gasteiger charge is -2.18. The maximum absolute atomic E-state index is 11.7. The average molecular weight is 238 g/mol. The lowest BCUT2D eigenvalue weighted by molar-refractivity contribution is -0.133. The molecule has 1 heterocycles. The Kier molecular flexibility index (Phi) is 2.57. The second kappa shape index (κ2) is 4.37. The minimum atomic E-state index is -0.474. The van der Waals surface area contributed by atoms with Crippen molar-refractivity contribution < 1.29 is 14.3 Å². The molecule has 0 aliphatic carbocycles. The molecule has 0 bridgehead atoms. The summed E-state index contributed by atoms with van der Waals surface area (Å²) in [7, 11) is 0. The smallest absolute Gasteiger partial charge is 0.379 e. The number of esters is 1. The van der Waals surface area contributed by atoms with Gasteiger partial charge in [-0.05, 0) is 23.8 Å². The van der Waals surface area contributed by atoms with E-state index in [4.69, 9.17) is 9.47 Å². The van der Waals surface area contributed by atoms with Crippen molar-refractivity contribution in [1.29, 1.82) is 0 Å². The summed E-state index contributed by atoms with van der Waals surface area (Å²) >= 11 is 0. The summed E-state index contributed by atoms with van der Waals surface area (Å²) in [5.41, 5.74) is 0.892. The Morgan fingerprint density at radius 3 is 2.11 bits per heavy atom. The minimum absolute atomic E-state index is 0.194. The highest BCUT2D eigenvalue weighted by atomic mass is 16.6. The van der Waals surface area contributed by atoms with E-state index in [1.807, 2.05) is 36.4 Å². The molecular weight excluding hydrogens is 228 g/mol. The molecule has 0 radical (unpaired) electrons. The highest BCUT2D eigenvalue weighted by molar-refractivity contribution is 5.95. The molecule has 0 saturated heterocycles. The van der Waals surface area contributed by atoms with E-state index in [-0.39, 0.29) is 5.76 Å². The summed E-state index contributed by atoms with van der Waals surface area (Å²) in [6.07, 6.45) is 1.66. The van der Waals surface area contributed by atoms with Crippen LogP contribution in [0.15, 0.2) is 60.4 Å². The zero-order valence-corrected chi connectivity index (χ0v) is 9.50. The second-order valence-corrected chi connectivity index (χ2v) is 3.86. The van der Waals surface area contributed by atoms with E-state index in [0.29, 0.717) is 11.5 Å². The molecule has 3 heteroatoms. The third-order valence-electron chi connectivity index (χ3n) is 2.57. The lowest BCUT2D eigenvalue weighted by Crippen LogP contribution is -2.20. The summed E-state index contributed by atoms with van der Waals surface area (Å²) in [4.78, 5) is 11.7. The summed E-state index contributed by atoms with van der Waals surface area (Å²) in [5, 5.41) is 0. The van der Waals surface area contributed by atoms with E-state index in [9.17, 15) is 4.79 Å². The van der Waals surface area contributed by atoms with Crippen molar-refractivity contribution in [2.24, 2.45) is 0 Å². The maximum atomic E-state index is 11.7. The summed E-state index contributed by atoms with van der Waals surface area (Å²) < 4.78 is 10.7. The van der Waals surface area contributed by atoms with Crippen molar-refractivity contribution in [3.05, 3.63) is 65.9 Å². The van der Waals surface area contributed by atoms with Crippen LogP contribution in [-0.2, 0) is 4.79 Å². The van der Waals surface area contributed by atoms with Gasteiger partial charge >= 0.3 is 5.97 Å². The molecule has 0 spiro atoms. The van der Waals surface area contributed by atoms with Gasteiger partial charge in [0, 0.05) is 0 Å². The summed E-state index contributed by atoms with van der Waals surface area (Å²) in [6, 6.07) is 16.6. The van der Waals surface area contributed by atoms with Crippen molar-refractivity contribution >= 4 is 12.0 Å². The van der Waals surface area contributed by atoms with Crippen LogP contribution in [0.4, 0.5) is 0 Å². The molecule has 0 atom stereocenters. The number of carbonyl (C=O) groups excluding carboxylic acids is 1. The van der Waals surface area contributed by atoms with E-state index in [0.717, 1.165) is 5.56 Å². The normalized spacial score (nSPS) is 15.8. The number of hydrogen-bond acceptors (Lipinski definition) is 3. The quantitative estimate of drug-likeness (QED) is 0.435. The number of hydrogen-bond donors (Lipinski definition) is 0. The number of rotatable bonds is 1. The van der Waals surface area contributed by atoms with Gasteiger partial charge in [0.25, 0.3) is 0 Å². The number of fused-ring (bicyclic) bond motifs is 1. The van der Waals surface area contributed by atoms with Crippen molar-refractivity contribution in [3.8, 4) is 11.5 Å². The van der Waals surface area contributed by atoms with Crippen LogP contribution in [0, 0.1) is 0 Å². The van der Waals surface area contributed by atoms with E-state index in [1.54, 1.807) is 24.3 Å². The molecule has 3 nitrogen and oxygen atoms in total. The maximum Gasteiger partial charge on any atom is 0.379 e. The van der Waals surface area contributed by atoms with Crippen LogP contribution in [0.5, 0.6) is 11.5 Å². The van der Waals surface area contributed by atoms with Gasteiger partial charge in [0.2, 0.25) is 5.76 Å². The highest BCUT2D eigenvalue weighted by Crippen LogP contribution is 2.33. The number of ether oxygens (including phenoxy) is 2. The monoisotopic (exact) mass is 238 g/mol. The fraction of sp³-hybridized carbons (Fsp3) is 0. The van der Waals surface area contributed by atoms with E-state index < -0.39 is 5.97 Å². The summed E-state index contributed by atoms with van der Waals surface area (Å²) in [6.45, 7) is 0. The Hall–Kier alpha value is -2.55. The van der Waals surface area contributed by atoms with Gasteiger partial charge in [-0.2, -0.15) is 0 Å². The highest BCUT2D eigenvalue weighted by Gasteiger charge is 2.23. The molecule has 18 heavy (non-hydrogen) atoms. The molecule has 0 saturated carbocycles. The molecule has 1 aliphatic heterocycles. The largest absolute Gasteiger partial charge is 0.446 e. The molecule has 0 unspecified atom stereocenters. The third-order valence-corrected chi connectivity index (χ3v) is 2.57. The predicted octanol–water partition coefficient (Wildman–Crippen LogP) is 3.03. The van der Waals surface area contributed by atoms with Crippen LogP contribution < -0.4 is 9.47 Å². The van der Waals surface area contributed by atoms with Gasteiger partial charge in [-0.3, -0.25) is 0 Å². The molecule has 3 rings (SSSR count). The summed E-state index contributed by atoms with van der Waals surface area (Å²) in [5.74, 6) is 0.726. The van der Waals surface area contributed by atoms with Gasteiger partial charge in [-0.15, -0.1) is 0 Å². The van der Waals surface area contributed by atoms with Crippen molar-refractivity contribution in [3.63, 3.8) is 0 Å². The Labute approximate surface area is 104 Å². The predicted molar refractivity (Wildman–Crippen MR) is 67.1 cm³/mol. The van der Waals surface area contributed by atoms with Gasteiger partial charge in [0.1, 0.15) is 0 Å². The second-order valence-electron chi connectivity index (χ2n) is 3.86. The molecular formula is C15H10O3. The number of benzene rings is 2. The first-order valence-electron chi connectivity index (χ1n) is 5.59. The Morgan fingerprint density at radius 2 is 1.39 bits per heavy atom. The number of carbonyl (C=O) groups is 1. The van der Waals surface area contributed by atoms with Crippen LogP contribution in [-0.4, -0.2) is 5.97 Å². The lowest BCUT2D eigenvalue weighted by atomic mass is 10.2. The van der Waals surface area contributed by atoms with Gasteiger partial charge in [0.15, 0.2) is 11.5 Å². The van der Waals surface area contributed by atoms with Crippen molar-refractivity contribution in [2.45, 2.75) is 0 Å². The SMILES string of the molecule is O=C1Oc2ccccc2O/C1=C\c1ccccc1. The molecule has 0 aromatic heterocycles. The molecule has 2 aromatic carbocycles. The zero-order chi connectivity index (χ0) is 12.4. The van der Waals surface area contributed by atoms with Crippen molar-refractivity contribution in [2.75, 3.05) is 0 Å². The van der Waals surface area contributed by atoms with Crippen LogP contribution in [0.1, 0.15) is 5.56 Å². The Bertz CT molecular complexity index is 615. The zero-order valence-electron chi connectivity index (χ0n) is 9.50. The molecule has 0 amide bonds. The van der Waals surface area contributed by atoms with E-state index in [1.165, 1.54) is 0 Å². The van der Waals surface area contributed by atoms with Gasteiger partial charge in [-0.1, -0.05) is 42.5 Å². The Morgan fingerprint density at radius 1 is 0.778 bits per heavy atom. The average Bonchev–Trinajstić information content (AvgIpc) is 2.41. The standard InChI is InChI=1S/C15H10O3/c16-15-14(10-11-6-2-1-3-7-11)17-12-8-4-5-9-13(12)18-15/h1-10H/b14-10-. The topological polar surface area (TPSA) is 35.5 Å². The van der Waals surface area contributed by atoms with Gasteiger partial charge < -0.3 is 9.47 Å². The Balaban J connectivity index is 1.96. The number of para-hydroxylation sites is 2. The molecule has 0 fully saturated rings. The molecule has 1 aliphatic rings. The van der Waals surface area contributed by atoms with Gasteiger partial charge in [-0.25, -0.2) is 4.79 Å². The molecule has 0 N–H and O–H groups in total. The van der Waals surface area contributed by atoms with E-state index >= 15 is 0 Å². The molecule has 2 aromatic rings.